The van der Waals surface area contributed by atoms with Gasteiger partial charge < -0.3 is 5.73 Å². The summed E-state index contributed by atoms with van der Waals surface area (Å²) in [6, 6.07) is 9.14. The number of fused-ring (bicyclic) bond motifs is 1. The maximum Gasteiger partial charge on any atom is 0.0138 e. The first-order valence-electron chi connectivity index (χ1n) is 6.20. The zero-order chi connectivity index (χ0) is 11.5. The van der Waals surface area contributed by atoms with Crippen molar-refractivity contribution in [1.82, 2.24) is 0 Å². The number of benzene rings is 1. The molecule has 2 rings (SSSR count). The highest BCUT2D eigenvalue weighted by molar-refractivity contribution is 8.00. The van der Waals surface area contributed by atoms with Crippen LogP contribution in [-0.2, 0) is 6.42 Å². The third kappa shape index (κ3) is 2.61. The van der Waals surface area contributed by atoms with Crippen LogP contribution in [0.3, 0.4) is 0 Å². The Kier molecular flexibility index (Phi) is 3.93. The van der Waals surface area contributed by atoms with Crippen molar-refractivity contribution in [3.05, 3.63) is 29.8 Å². The van der Waals surface area contributed by atoms with E-state index in [2.05, 4.69) is 38.1 Å². The fourth-order valence-corrected chi connectivity index (χ4v) is 3.86. The molecule has 2 heteroatoms. The van der Waals surface area contributed by atoms with Crippen molar-refractivity contribution in [2.24, 2.45) is 11.7 Å². The second-order valence-electron chi connectivity index (χ2n) is 4.84. The molecule has 0 amide bonds. The lowest BCUT2D eigenvalue weighted by atomic mass is 9.93. The molecule has 3 atom stereocenters. The van der Waals surface area contributed by atoms with Crippen LogP contribution < -0.4 is 5.73 Å². The quantitative estimate of drug-likeness (QED) is 0.865. The van der Waals surface area contributed by atoms with Crippen LogP contribution in [0.25, 0.3) is 0 Å². The second kappa shape index (κ2) is 5.24. The molecule has 0 spiro atoms. The smallest absolute Gasteiger partial charge is 0.0138 e. The average molecular weight is 235 g/mol. The molecule has 0 aliphatic carbocycles. The lowest BCUT2D eigenvalue weighted by molar-refractivity contribution is 0.412. The van der Waals surface area contributed by atoms with E-state index in [0.29, 0.717) is 12.0 Å². The first kappa shape index (κ1) is 12.0. The van der Waals surface area contributed by atoms with Crippen molar-refractivity contribution >= 4 is 11.8 Å². The van der Waals surface area contributed by atoms with Crippen LogP contribution in [0, 0.1) is 5.92 Å². The molecule has 1 aliphatic rings. The average Bonchev–Trinajstić information content (AvgIpc) is 2.69. The minimum atomic E-state index is 0.365. The first-order chi connectivity index (χ1) is 7.70. The van der Waals surface area contributed by atoms with E-state index in [1.807, 2.05) is 11.8 Å². The molecule has 0 saturated heterocycles. The van der Waals surface area contributed by atoms with Crippen LogP contribution in [0.1, 0.15) is 32.3 Å². The Morgan fingerprint density at radius 1 is 1.44 bits per heavy atom. The van der Waals surface area contributed by atoms with E-state index in [0.717, 1.165) is 11.7 Å². The Morgan fingerprint density at radius 2 is 2.19 bits per heavy atom. The second-order valence-corrected chi connectivity index (χ2v) is 6.18. The summed E-state index contributed by atoms with van der Waals surface area (Å²) in [5, 5.41) is 0.741. The summed E-state index contributed by atoms with van der Waals surface area (Å²) < 4.78 is 0. The summed E-state index contributed by atoms with van der Waals surface area (Å²) in [7, 11) is 0. The minimum Gasteiger partial charge on any atom is -0.327 e. The Labute approximate surface area is 103 Å². The Bertz CT molecular complexity index is 325. The van der Waals surface area contributed by atoms with Crippen LogP contribution in [0.2, 0.25) is 0 Å². The standard InChI is InChI=1S/C14H21NS/c1-3-13(15)10(2)8-12-9-11-6-4-5-7-14(11)16-12/h4-7,10,12-13H,3,8-9,15H2,1-2H3. The summed E-state index contributed by atoms with van der Waals surface area (Å²) in [6.45, 7) is 4.47. The molecule has 1 aromatic carbocycles. The molecule has 88 valence electrons. The number of hydrogen-bond acceptors (Lipinski definition) is 2. The Hall–Kier alpha value is -0.470. The van der Waals surface area contributed by atoms with E-state index < -0.39 is 0 Å². The first-order valence-corrected chi connectivity index (χ1v) is 7.08. The largest absolute Gasteiger partial charge is 0.327 e. The van der Waals surface area contributed by atoms with Gasteiger partial charge in [0.05, 0.1) is 0 Å². The van der Waals surface area contributed by atoms with Crippen LogP contribution in [0.15, 0.2) is 29.2 Å². The lowest BCUT2D eigenvalue weighted by Crippen LogP contribution is -2.29. The fraction of sp³-hybridized carbons (Fsp3) is 0.571. The summed E-state index contributed by atoms with van der Waals surface area (Å²) >= 11 is 2.04. The highest BCUT2D eigenvalue weighted by Gasteiger charge is 2.24. The van der Waals surface area contributed by atoms with Crippen LogP contribution in [-0.4, -0.2) is 11.3 Å². The molecule has 0 radical (unpaired) electrons. The molecule has 3 unspecified atom stereocenters. The van der Waals surface area contributed by atoms with Crippen molar-refractivity contribution in [2.75, 3.05) is 0 Å². The molecule has 1 aliphatic heterocycles. The third-order valence-corrected chi connectivity index (χ3v) is 4.90. The van der Waals surface area contributed by atoms with Gasteiger partial charge in [0.2, 0.25) is 0 Å². The Balaban J connectivity index is 1.92. The fourth-order valence-electron chi connectivity index (χ4n) is 2.38. The summed E-state index contributed by atoms with van der Waals surface area (Å²) in [4.78, 5) is 1.48. The summed E-state index contributed by atoms with van der Waals surface area (Å²) in [5.41, 5.74) is 7.61. The van der Waals surface area contributed by atoms with E-state index in [1.54, 1.807) is 0 Å². The summed E-state index contributed by atoms with van der Waals surface area (Å²) in [5.74, 6) is 0.636. The zero-order valence-corrected chi connectivity index (χ0v) is 11.0. The molecule has 16 heavy (non-hydrogen) atoms. The van der Waals surface area contributed by atoms with Crippen molar-refractivity contribution < 1.29 is 0 Å². The van der Waals surface area contributed by atoms with Gasteiger partial charge >= 0.3 is 0 Å². The molecule has 0 fully saturated rings. The van der Waals surface area contributed by atoms with E-state index in [1.165, 1.54) is 23.3 Å². The van der Waals surface area contributed by atoms with E-state index in [9.17, 15) is 0 Å². The maximum absolute atomic E-state index is 6.09. The molecule has 0 bridgehead atoms. The monoisotopic (exact) mass is 235 g/mol. The van der Waals surface area contributed by atoms with Gasteiger partial charge in [-0.2, -0.15) is 0 Å². The Morgan fingerprint density at radius 3 is 2.88 bits per heavy atom. The van der Waals surface area contributed by atoms with Crippen molar-refractivity contribution in [2.45, 2.75) is 49.3 Å². The molecule has 2 N–H and O–H groups in total. The van der Waals surface area contributed by atoms with Gasteiger partial charge in [-0.1, -0.05) is 32.0 Å². The van der Waals surface area contributed by atoms with Crippen LogP contribution in [0.4, 0.5) is 0 Å². The minimum absolute atomic E-state index is 0.365. The molecule has 0 aromatic heterocycles. The maximum atomic E-state index is 6.09. The van der Waals surface area contributed by atoms with E-state index >= 15 is 0 Å². The molecular weight excluding hydrogens is 214 g/mol. The van der Waals surface area contributed by atoms with Gasteiger partial charge in [0.1, 0.15) is 0 Å². The van der Waals surface area contributed by atoms with Crippen molar-refractivity contribution in [3.8, 4) is 0 Å². The predicted molar refractivity (Wildman–Crippen MR) is 71.8 cm³/mol. The van der Waals surface area contributed by atoms with Gasteiger partial charge in [-0.05, 0) is 36.8 Å². The van der Waals surface area contributed by atoms with Gasteiger partial charge in [-0.25, -0.2) is 0 Å². The predicted octanol–water partition coefficient (Wildman–Crippen LogP) is 3.47. The number of hydrogen-bond donors (Lipinski definition) is 1. The van der Waals surface area contributed by atoms with Gasteiger partial charge in [-0.15, -0.1) is 11.8 Å². The van der Waals surface area contributed by atoms with Gasteiger partial charge in [-0.3, -0.25) is 0 Å². The van der Waals surface area contributed by atoms with Crippen molar-refractivity contribution in [1.29, 1.82) is 0 Å². The number of thioether (sulfide) groups is 1. The molecule has 1 nitrogen and oxygen atoms in total. The normalized spacial score (nSPS) is 22.8. The SMILES string of the molecule is CCC(N)C(C)CC1Cc2ccccc2S1. The third-order valence-electron chi connectivity index (χ3n) is 3.55. The number of rotatable bonds is 4. The van der Waals surface area contributed by atoms with Gasteiger partial charge in [0.15, 0.2) is 0 Å². The molecule has 0 saturated carbocycles. The molecule has 1 heterocycles. The topological polar surface area (TPSA) is 26.0 Å². The summed E-state index contributed by atoms with van der Waals surface area (Å²) in [6.07, 6.45) is 3.56. The van der Waals surface area contributed by atoms with Crippen molar-refractivity contribution in [3.63, 3.8) is 0 Å². The van der Waals surface area contributed by atoms with Crippen LogP contribution in [0.5, 0.6) is 0 Å². The van der Waals surface area contributed by atoms with Gasteiger partial charge in [0, 0.05) is 16.2 Å². The zero-order valence-electron chi connectivity index (χ0n) is 10.1. The molecule has 1 aromatic rings. The van der Waals surface area contributed by atoms with E-state index in [-0.39, 0.29) is 0 Å². The lowest BCUT2D eigenvalue weighted by Gasteiger charge is -2.21. The number of nitrogens with two attached hydrogens (primary N) is 1. The van der Waals surface area contributed by atoms with E-state index in [4.69, 9.17) is 5.73 Å². The van der Waals surface area contributed by atoms with Gasteiger partial charge in [0.25, 0.3) is 0 Å². The van der Waals surface area contributed by atoms with Crippen LogP contribution >= 0.6 is 11.8 Å². The highest BCUT2D eigenvalue weighted by atomic mass is 32.2. The molecular formula is C14H21NS. The highest BCUT2D eigenvalue weighted by Crippen LogP contribution is 2.39.